The van der Waals surface area contributed by atoms with Crippen molar-refractivity contribution < 1.29 is 4.79 Å². The summed E-state index contributed by atoms with van der Waals surface area (Å²) in [6.07, 6.45) is 4.59. The first kappa shape index (κ1) is 14.8. The smallest absolute Gasteiger partial charge is 0.230 e. The van der Waals surface area contributed by atoms with Crippen LogP contribution in [0.3, 0.4) is 0 Å². The number of anilines is 1. The molecule has 0 bridgehead atoms. The second-order valence-corrected chi connectivity index (χ2v) is 5.20. The summed E-state index contributed by atoms with van der Waals surface area (Å²) in [7, 11) is 0. The summed E-state index contributed by atoms with van der Waals surface area (Å²) < 4.78 is 0. The Morgan fingerprint density at radius 1 is 1.56 bits per heavy atom. The van der Waals surface area contributed by atoms with Gasteiger partial charge in [-0.2, -0.15) is 4.98 Å². The van der Waals surface area contributed by atoms with Crippen LogP contribution in [0.5, 0.6) is 0 Å². The van der Waals surface area contributed by atoms with Crippen molar-refractivity contribution >= 4 is 23.6 Å². The molecule has 0 spiro atoms. The predicted octanol–water partition coefficient (Wildman–Crippen LogP) is 1.56. The van der Waals surface area contributed by atoms with E-state index in [2.05, 4.69) is 27.4 Å². The van der Waals surface area contributed by atoms with E-state index in [1.807, 2.05) is 6.92 Å². The van der Waals surface area contributed by atoms with Gasteiger partial charge >= 0.3 is 0 Å². The number of carbonyl (C=O) groups is 1. The first-order valence-electron chi connectivity index (χ1n) is 6.21. The number of carbonyl (C=O) groups excluding carboxylic acids is 1. The van der Waals surface area contributed by atoms with E-state index in [1.54, 1.807) is 0 Å². The molecule has 1 unspecified atom stereocenters. The van der Waals surface area contributed by atoms with Gasteiger partial charge in [-0.25, -0.2) is 5.10 Å². The molecule has 6 nitrogen and oxygen atoms in total. The zero-order valence-electron chi connectivity index (χ0n) is 10.9. The van der Waals surface area contributed by atoms with Crippen molar-refractivity contribution in [3.05, 3.63) is 0 Å². The number of rotatable bonds is 8. The maximum atomic E-state index is 11.6. The number of thioether (sulfide) groups is 1. The Bertz CT molecular complexity index is 368. The third-order valence-electron chi connectivity index (χ3n) is 2.46. The highest BCUT2D eigenvalue weighted by atomic mass is 32.2. The van der Waals surface area contributed by atoms with E-state index in [0.717, 1.165) is 12.8 Å². The lowest BCUT2D eigenvalue weighted by Gasteiger charge is -2.12. The molecule has 0 aliphatic heterocycles. The number of hydrogen-bond acceptors (Lipinski definition) is 5. The molecule has 18 heavy (non-hydrogen) atoms. The standard InChI is InChI=1S/C11H21N5OS/c1-3-4-5-6-8(2)13-9(17)7-18-11-14-10(12)15-16-11/h8H,3-7H2,1-2H3,(H,13,17)(H3,12,14,15,16). The number of hydrogen-bond donors (Lipinski definition) is 3. The number of amides is 1. The van der Waals surface area contributed by atoms with Crippen LogP contribution in [0, 0.1) is 0 Å². The molecule has 4 N–H and O–H groups in total. The van der Waals surface area contributed by atoms with E-state index in [0.29, 0.717) is 10.9 Å². The Morgan fingerprint density at radius 3 is 2.94 bits per heavy atom. The molecule has 1 aromatic heterocycles. The van der Waals surface area contributed by atoms with Crippen molar-refractivity contribution in [2.45, 2.75) is 50.7 Å². The lowest BCUT2D eigenvalue weighted by atomic mass is 10.1. The third kappa shape index (κ3) is 5.90. The number of nitrogens with one attached hydrogen (secondary N) is 2. The Balaban J connectivity index is 2.16. The zero-order valence-corrected chi connectivity index (χ0v) is 11.7. The number of nitrogens with zero attached hydrogens (tertiary/aromatic N) is 2. The largest absolute Gasteiger partial charge is 0.368 e. The summed E-state index contributed by atoms with van der Waals surface area (Å²) >= 11 is 1.27. The van der Waals surface area contributed by atoms with E-state index in [9.17, 15) is 4.79 Å². The van der Waals surface area contributed by atoms with Crippen LogP contribution in [0.4, 0.5) is 5.95 Å². The van der Waals surface area contributed by atoms with Crippen molar-refractivity contribution in [1.29, 1.82) is 0 Å². The lowest BCUT2D eigenvalue weighted by Crippen LogP contribution is -2.33. The van der Waals surface area contributed by atoms with Gasteiger partial charge < -0.3 is 11.1 Å². The average Bonchev–Trinajstić information content (AvgIpc) is 2.73. The first-order valence-corrected chi connectivity index (χ1v) is 7.20. The minimum Gasteiger partial charge on any atom is -0.368 e. The van der Waals surface area contributed by atoms with Crippen LogP contribution >= 0.6 is 11.8 Å². The van der Waals surface area contributed by atoms with Gasteiger partial charge in [-0.15, -0.1) is 5.10 Å². The topological polar surface area (TPSA) is 96.7 Å². The van der Waals surface area contributed by atoms with Gasteiger partial charge in [0.1, 0.15) is 0 Å². The van der Waals surface area contributed by atoms with Gasteiger partial charge in [0.15, 0.2) is 0 Å². The third-order valence-corrected chi connectivity index (χ3v) is 3.31. The number of H-pyrrole nitrogens is 1. The molecule has 0 aliphatic rings. The van der Waals surface area contributed by atoms with Crippen LogP contribution in [0.15, 0.2) is 5.16 Å². The van der Waals surface area contributed by atoms with Crippen molar-refractivity contribution in [2.24, 2.45) is 0 Å². The molecule has 1 amide bonds. The van der Waals surface area contributed by atoms with Crippen molar-refractivity contribution in [1.82, 2.24) is 20.5 Å². The highest BCUT2D eigenvalue weighted by molar-refractivity contribution is 7.99. The molecule has 0 fully saturated rings. The lowest BCUT2D eigenvalue weighted by molar-refractivity contribution is -0.119. The number of aromatic nitrogens is 3. The SMILES string of the molecule is CCCCCC(C)NC(=O)CSc1n[nH]c(N)n1. The van der Waals surface area contributed by atoms with Gasteiger partial charge in [-0.3, -0.25) is 4.79 Å². The molecule has 0 saturated carbocycles. The zero-order chi connectivity index (χ0) is 13.4. The Hall–Kier alpha value is -1.24. The monoisotopic (exact) mass is 271 g/mol. The molecule has 7 heteroatoms. The van der Waals surface area contributed by atoms with E-state index >= 15 is 0 Å². The number of nitrogens with two attached hydrogens (primary N) is 1. The molecule has 0 aromatic carbocycles. The highest BCUT2D eigenvalue weighted by Gasteiger charge is 2.09. The van der Waals surface area contributed by atoms with Crippen molar-refractivity contribution in [2.75, 3.05) is 11.5 Å². The van der Waals surface area contributed by atoms with Gasteiger partial charge in [0.25, 0.3) is 0 Å². The minimum atomic E-state index is 0.00682. The maximum Gasteiger partial charge on any atom is 0.230 e. The predicted molar refractivity (Wildman–Crippen MR) is 73.3 cm³/mol. The van der Waals surface area contributed by atoms with Gasteiger partial charge in [0.2, 0.25) is 17.0 Å². The summed E-state index contributed by atoms with van der Waals surface area (Å²) in [5, 5.41) is 9.84. The van der Waals surface area contributed by atoms with Crippen LogP contribution in [0.1, 0.15) is 39.5 Å². The number of nitrogen functional groups attached to an aromatic ring is 1. The van der Waals surface area contributed by atoms with Crippen LogP contribution < -0.4 is 11.1 Å². The number of unbranched alkanes of at least 4 members (excludes halogenated alkanes) is 2. The number of aromatic amines is 1. The second-order valence-electron chi connectivity index (χ2n) is 4.26. The molecular formula is C11H21N5OS. The quantitative estimate of drug-likeness (QED) is 0.492. The summed E-state index contributed by atoms with van der Waals surface area (Å²) in [6, 6.07) is 0.224. The minimum absolute atomic E-state index is 0.00682. The normalized spacial score (nSPS) is 12.3. The van der Waals surface area contributed by atoms with Crippen LogP contribution in [-0.4, -0.2) is 32.9 Å². The molecule has 1 atom stereocenters. The highest BCUT2D eigenvalue weighted by Crippen LogP contribution is 2.12. The molecular weight excluding hydrogens is 250 g/mol. The van der Waals surface area contributed by atoms with Crippen molar-refractivity contribution in [3.63, 3.8) is 0 Å². The fourth-order valence-corrected chi connectivity index (χ4v) is 2.16. The van der Waals surface area contributed by atoms with Gasteiger partial charge in [0, 0.05) is 6.04 Å². The van der Waals surface area contributed by atoms with E-state index in [4.69, 9.17) is 5.73 Å². The summed E-state index contributed by atoms with van der Waals surface area (Å²) in [4.78, 5) is 15.6. The molecule has 1 rings (SSSR count). The van der Waals surface area contributed by atoms with E-state index in [1.165, 1.54) is 24.6 Å². The fourth-order valence-electron chi connectivity index (χ4n) is 1.54. The molecule has 0 saturated heterocycles. The summed E-state index contributed by atoms with van der Waals surface area (Å²) in [5.74, 6) is 0.591. The molecule has 1 aromatic rings. The Morgan fingerprint density at radius 2 is 2.33 bits per heavy atom. The van der Waals surface area contributed by atoms with Crippen LogP contribution in [0.25, 0.3) is 0 Å². The van der Waals surface area contributed by atoms with E-state index < -0.39 is 0 Å². The average molecular weight is 271 g/mol. The molecule has 102 valence electrons. The summed E-state index contributed by atoms with van der Waals surface area (Å²) in [6.45, 7) is 4.20. The maximum absolute atomic E-state index is 11.6. The fraction of sp³-hybridized carbons (Fsp3) is 0.727. The van der Waals surface area contributed by atoms with Crippen molar-refractivity contribution in [3.8, 4) is 0 Å². The van der Waals surface area contributed by atoms with Crippen LogP contribution in [0.2, 0.25) is 0 Å². The molecule has 1 heterocycles. The second kappa shape index (κ2) is 7.97. The van der Waals surface area contributed by atoms with Crippen LogP contribution in [-0.2, 0) is 4.79 Å². The first-order chi connectivity index (χ1) is 8.61. The van der Waals surface area contributed by atoms with Gasteiger partial charge in [0.05, 0.1) is 5.75 Å². The van der Waals surface area contributed by atoms with Gasteiger partial charge in [-0.05, 0) is 13.3 Å². The Labute approximate surface area is 112 Å². The Kier molecular flexibility index (Phi) is 6.56. The molecule has 0 radical (unpaired) electrons. The van der Waals surface area contributed by atoms with Gasteiger partial charge in [-0.1, -0.05) is 37.9 Å². The summed E-state index contributed by atoms with van der Waals surface area (Å²) in [5.41, 5.74) is 5.39. The van der Waals surface area contributed by atoms with E-state index in [-0.39, 0.29) is 17.9 Å². The molecule has 0 aliphatic carbocycles.